The first kappa shape index (κ1) is 21.8. The molecule has 8 rings (SSSR count). The van der Waals surface area contributed by atoms with Crippen LogP contribution in [0, 0.1) is 0 Å². The van der Waals surface area contributed by atoms with Gasteiger partial charge in [0.2, 0.25) is 0 Å². The normalized spacial score (nSPS) is 11.6. The molecule has 0 saturated carbocycles. The molecular weight excluding hydrogens is 476 g/mol. The zero-order valence-electron chi connectivity index (χ0n) is 21.1. The first-order valence-corrected chi connectivity index (χ1v) is 13.2. The molecule has 3 heteroatoms. The van der Waals surface area contributed by atoms with Crippen LogP contribution in [0.4, 0.5) is 17.1 Å². The van der Waals surface area contributed by atoms with Crippen LogP contribution in [0.3, 0.4) is 0 Å². The van der Waals surface area contributed by atoms with Crippen molar-refractivity contribution in [3.63, 3.8) is 0 Å². The van der Waals surface area contributed by atoms with E-state index < -0.39 is 0 Å². The second-order valence-electron chi connectivity index (χ2n) is 9.90. The van der Waals surface area contributed by atoms with Crippen molar-refractivity contribution in [2.45, 2.75) is 0 Å². The predicted molar refractivity (Wildman–Crippen MR) is 163 cm³/mol. The largest absolute Gasteiger partial charge is 0.456 e. The molecule has 3 nitrogen and oxygen atoms in total. The van der Waals surface area contributed by atoms with Gasteiger partial charge in [0.25, 0.3) is 0 Å². The fraction of sp³-hybridized carbons (Fsp3) is 0. The van der Waals surface area contributed by atoms with Gasteiger partial charge in [0.05, 0.1) is 5.52 Å². The number of H-pyrrole nitrogens is 1. The Bertz CT molecular complexity index is 2080. The number of furan rings is 1. The van der Waals surface area contributed by atoms with E-state index in [-0.39, 0.29) is 0 Å². The topological polar surface area (TPSA) is 32.2 Å². The third-order valence-corrected chi connectivity index (χ3v) is 7.59. The molecule has 0 atom stereocenters. The highest BCUT2D eigenvalue weighted by molar-refractivity contribution is 6.14. The van der Waals surface area contributed by atoms with Gasteiger partial charge < -0.3 is 14.3 Å². The summed E-state index contributed by atoms with van der Waals surface area (Å²) in [6, 6.07) is 49.0. The Morgan fingerprint density at radius 1 is 0.462 bits per heavy atom. The molecule has 0 saturated heterocycles. The minimum Gasteiger partial charge on any atom is -0.456 e. The maximum atomic E-state index is 6.07. The summed E-state index contributed by atoms with van der Waals surface area (Å²) in [5, 5.41) is 4.70. The van der Waals surface area contributed by atoms with Gasteiger partial charge in [-0.15, -0.1) is 0 Å². The van der Waals surface area contributed by atoms with E-state index in [0.29, 0.717) is 0 Å². The fourth-order valence-corrected chi connectivity index (χ4v) is 5.78. The number of hydrogen-bond acceptors (Lipinski definition) is 2. The number of benzene rings is 6. The molecule has 0 fully saturated rings. The van der Waals surface area contributed by atoms with Gasteiger partial charge in [-0.05, 0) is 66.2 Å². The maximum absolute atomic E-state index is 6.07. The molecule has 0 unspecified atom stereocenters. The Kier molecular flexibility index (Phi) is 4.82. The highest BCUT2D eigenvalue weighted by atomic mass is 16.3. The number of aromatic nitrogens is 1. The molecule has 2 aromatic heterocycles. The lowest BCUT2D eigenvalue weighted by Crippen LogP contribution is -2.09. The van der Waals surface area contributed by atoms with Crippen molar-refractivity contribution in [2.24, 2.45) is 0 Å². The van der Waals surface area contributed by atoms with E-state index in [1.54, 1.807) is 0 Å². The average molecular weight is 501 g/mol. The van der Waals surface area contributed by atoms with Gasteiger partial charge in [-0.2, -0.15) is 0 Å². The quantitative estimate of drug-likeness (QED) is 0.261. The van der Waals surface area contributed by atoms with Crippen LogP contribution in [0.1, 0.15) is 0 Å². The summed E-state index contributed by atoms with van der Waals surface area (Å²) in [5.74, 6) is 0. The Balaban J connectivity index is 1.31. The minimum absolute atomic E-state index is 0.912. The summed E-state index contributed by atoms with van der Waals surface area (Å²) in [6.45, 7) is 0. The number of para-hydroxylation sites is 4. The van der Waals surface area contributed by atoms with Crippen molar-refractivity contribution in [3.05, 3.63) is 140 Å². The molecule has 184 valence electrons. The Hall–Kier alpha value is -5.28. The molecule has 2 heterocycles. The molecule has 0 amide bonds. The van der Waals surface area contributed by atoms with Crippen LogP contribution < -0.4 is 4.90 Å². The second-order valence-corrected chi connectivity index (χ2v) is 9.90. The van der Waals surface area contributed by atoms with Crippen molar-refractivity contribution in [3.8, 4) is 11.1 Å². The molecule has 1 N–H and O–H groups in total. The molecule has 6 aromatic carbocycles. The van der Waals surface area contributed by atoms with Crippen molar-refractivity contribution < 1.29 is 4.42 Å². The number of rotatable bonds is 4. The summed E-state index contributed by atoms with van der Waals surface area (Å²) in [6.07, 6.45) is 0. The number of fused-ring (bicyclic) bond motifs is 6. The Labute approximate surface area is 225 Å². The summed E-state index contributed by atoms with van der Waals surface area (Å²) in [7, 11) is 0. The lowest BCUT2D eigenvalue weighted by molar-refractivity contribution is 0.669. The standard InChI is InChI=1S/C36H24N2O/c1-3-10-25(11-4-1)38(26-12-5-2-6-13-26)27-19-20-33-31(23-27)30-16-9-15-28(36(30)37-33)24-18-21-35-32(22-24)29-14-7-8-17-34(29)39-35/h1-23,37H. The van der Waals surface area contributed by atoms with E-state index in [1.165, 1.54) is 21.9 Å². The summed E-state index contributed by atoms with van der Waals surface area (Å²) >= 11 is 0. The highest BCUT2D eigenvalue weighted by Gasteiger charge is 2.16. The molecule has 0 aliphatic rings. The lowest BCUT2D eigenvalue weighted by Gasteiger charge is -2.25. The van der Waals surface area contributed by atoms with E-state index >= 15 is 0 Å². The van der Waals surface area contributed by atoms with Gasteiger partial charge in [-0.1, -0.05) is 78.9 Å². The molecule has 0 aliphatic carbocycles. The number of anilines is 3. The van der Waals surface area contributed by atoms with Gasteiger partial charge in [0.1, 0.15) is 11.2 Å². The van der Waals surface area contributed by atoms with Crippen LogP contribution in [-0.2, 0) is 0 Å². The first-order chi connectivity index (χ1) is 19.3. The third-order valence-electron chi connectivity index (χ3n) is 7.59. The molecule has 0 bridgehead atoms. The van der Waals surface area contributed by atoms with Crippen LogP contribution >= 0.6 is 0 Å². The first-order valence-electron chi connectivity index (χ1n) is 13.2. The van der Waals surface area contributed by atoms with Gasteiger partial charge in [0.15, 0.2) is 0 Å². The van der Waals surface area contributed by atoms with Gasteiger partial charge in [-0.3, -0.25) is 0 Å². The number of aromatic amines is 1. The number of nitrogens with one attached hydrogen (secondary N) is 1. The van der Waals surface area contributed by atoms with Gasteiger partial charge >= 0.3 is 0 Å². The average Bonchev–Trinajstić information content (AvgIpc) is 3.56. The van der Waals surface area contributed by atoms with Crippen molar-refractivity contribution in [1.82, 2.24) is 4.98 Å². The summed E-state index contributed by atoms with van der Waals surface area (Å²) < 4.78 is 6.07. The smallest absolute Gasteiger partial charge is 0.135 e. The second kappa shape index (κ2) is 8.64. The predicted octanol–water partition coefficient (Wildman–Crippen LogP) is 10.4. The van der Waals surface area contributed by atoms with Gasteiger partial charge in [-0.25, -0.2) is 0 Å². The van der Waals surface area contributed by atoms with E-state index in [2.05, 4.69) is 137 Å². The zero-order valence-corrected chi connectivity index (χ0v) is 21.1. The van der Waals surface area contributed by atoms with Crippen LogP contribution in [0.15, 0.2) is 144 Å². The lowest BCUT2D eigenvalue weighted by atomic mass is 10.00. The van der Waals surface area contributed by atoms with Crippen LogP contribution in [0.25, 0.3) is 54.9 Å². The Morgan fingerprint density at radius 3 is 1.95 bits per heavy atom. The number of nitrogens with zero attached hydrogens (tertiary/aromatic N) is 1. The summed E-state index contributed by atoms with van der Waals surface area (Å²) in [5.41, 5.74) is 9.82. The van der Waals surface area contributed by atoms with E-state index in [9.17, 15) is 0 Å². The fourth-order valence-electron chi connectivity index (χ4n) is 5.78. The van der Waals surface area contributed by atoms with E-state index in [0.717, 1.165) is 50.0 Å². The molecule has 0 spiro atoms. The number of hydrogen-bond donors (Lipinski definition) is 1. The van der Waals surface area contributed by atoms with Gasteiger partial charge in [0, 0.05) is 49.7 Å². The Morgan fingerprint density at radius 2 is 1.15 bits per heavy atom. The highest BCUT2D eigenvalue weighted by Crippen LogP contribution is 2.40. The van der Waals surface area contributed by atoms with E-state index in [1.807, 2.05) is 12.1 Å². The van der Waals surface area contributed by atoms with Crippen LogP contribution in [0.5, 0.6) is 0 Å². The zero-order chi connectivity index (χ0) is 25.8. The molecule has 8 aromatic rings. The molecular formula is C36H24N2O. The van der Waals surface area contributed by atoms with E-state index in [4.69, 9.17) is 4.42 Å². The van der Waals surface area contributed by atoms with Crippen molar-refractivity contribution in [1.29, 1.82) is 0 Å². The van der Waals surface area contributed by atoms with Crippen molar-refractivity contribution >= 4 is 60.8 Å². The monoisotopic (exact) mass is 500 g/mol. The molecule has 39 heavy (non-hydrogen) atoms. The van der Waals surface area contributed by atoms with Crippen molar-refractivity contribution in [2.75, 3.05) is 4.90 Å². The third kappa shape index (κ3) is 3.52. The van der Waals surface area contributed by atoms with Crippen LogP contribution in [0.2, 0.25) is 0 Å². The minimum atomic E-state index is 0.912. The SMILES string of the molecule is c1ccc(N(c2ccccc2)c2ccc3[nH]c4c(-c5ccc6oc7ccccc7c6c5)cccc4c3c2)cc1. The molecule has 0 radical (unpaired) electrons. The van der Waals surface area contributed by atoms with Crippen LogP contribution in [-0.4, -0.2) is 4.98 Å². The summed E-state index contributed by atoms with van der Waals surface area (Å²) in [4.78, 5) is 6.03. The maximum Gasteiger partial charge on any atom is 0.135 e. The molecule has 0 aliphatic heterocycles.